The summed E-state index contributed by atoms with van der Waals surface area (Å²) in [5.74, 6) is 0.537. The molecular weight excluding hydrogens is 399 g/mol. The van der Waals surface area contributed by atoms with E-state index in [4.69, 9.17) is 16.7 Å². The quantitative estimate of drug-likeness (QED) is 0.461. The third kappa shape index (κ3) is 3.76. The second-order valence-corrected chi connectivity index (χ2v) is 7.52. The van der Waals surface area contributed by atoms with Crippen molar-refractivity contribution in [1.29, 1.82) is 0 Å². The molecule has 0 saturated heterocycles. The molecular formula is C23H21FN4OS. The predicted molar refractivity (Wildman–Crippen MR) is 119 cm³/mol. The van der Waals surface area contributed by atoms with E-state index in [1.165, 1.54) is 12.1 Å². The third-order valence-corrected chi connectivity index (χ3v) is 5.36. The zero-order valence-electron chi connectivity index (χ0n) is 16.7. The van der Waals surface area contributed by atoms with E-state index in [2.05, 4.69) is 22.0 Å². The molecule has 4 rings (SSSR count). The standard InChI is InChI=1S/C23H21FN4OS/c1-4-11-28-15(3)19(20(25-23(28)30)16-8-6-10-18(24)13-16)22-26-21(27-29-22)17-9-5-7-14(2)12-17/h4-10,12-13,20H,1,11H2,2-3H3,(H,25,30). The zero-order valence-corrected chi connectivity index (χ0v) is 17.5. The molecule has 152 valence electrons. The number of aryl methyl sites for hydroxylation is 1. The predicted octanol–water partition coefficient (Wildman–Crippen LogP) is 5.03. The molecule has 0 fully saturated rings. The number of allylic oxidation sites excluding steroid dienone is 1. The molecule has 0 amide bonds. The molecule has 1 atom stereocenters. The van der Waals surface area contributed by atoms with Crippen molar-refractivity contribution in [1.82, 2.24) is 20.4 Å². The van der Waals surface area contributed by atoms with Crippen molar-refractivity contribution in [2.24, 2.45) is 0 Å². The van der Waals surface area contributed by atoms with Gasteiger partial charge < -0.3 is 14.7 Å². The van der Waals surface area contributed by atoms with Crippen LogP contribution in [0.2, 0.25) is 0 Å². The summed E-state index contributed by atoms with van der Waals surface area (Å²) in [6.45, 7) is 8.28. The maximum Gasteiger partial charge on any atom is 0.258 e. The van der Waals surface area contributed by atoms with Gasteiger partial charge in [0.2, 0.25) is 5.82 Å². The van der Waals surface area contributed by atoms with Crippen LogP contribution < -0.4 is 5.32 Å². The molecule has 7 heteroatoms. The van der Waals surface area contributed by atoms with Gasteiger partial charge in [0.1, 0.15) is 5.82 Å². The van der Waals surface area contributed by atoms with E-state index in [-0.39, 0.29) is 5.82 Å². The summed E-state index contributed by atoms with van der Waals surface area (Å²) in [6, 6.07) is 13.9. The zero-order chi connectivity index (χ0) is 21.3. The monoisotopic (exact) mass is 420 g/mol. The number of thiocarbonyl (C=S) groups is 1. The molecule has 0 saturated carbocycles. The number of nitrogens with zero attached hydrogens (tertiary/aromatic N) is 3. The SMILES string of the molecule is C=CCN1C(=S)NC(c2cccc(F)c2)C(c2nc(-c3cccc(C)c3)no2)=C1C. The van der Waals surface area contributed by atoms with E-state index in [9.17, 15) is 4.39 Å². The fraction of sp³-hybridized carbons (Fsp3) is 0.174. The Morgan fingerprint density at radius 1 is 1.23 bits per heavy atom. The Balaban J connectivity index is 1.83. The average molecular weight is 421 g/mol. The van der Waals surface area contributed by atoms with Gasteiger partial charge in [-0.25, -0.2) is 4.39 Å². The lowest BCUT2D eigenvalue weighted by Crippen LogP contribution is -2.45. The Hall–Kier alpha value is -3.32. The maximum atomic E-state index is 14.0. The van der Waals surface area contributed by atoms with Gasteiger partial charge in [0.15, 0.2) is 5.11 Å². The lowest BCUT2D eigenvalue weighted by molar-refractivity contribution is 0.399. The molecule has 1 N–H and O–H groups in total. The van der Waals surface area contributed by atoms with Crippen molar-refractivity contribution in [2.75, 3.05) is 6.54 Å². The Kier molecular flexibility index (Phi) is 5.46. The van der Waals surface area contributed by atoms with Gasteiger partial charge in [-0.3, -0.25) is 0 Å². The number of hydrogen-bond donors (Lipinski definition) is 1. The maximum absolute atomic E-state index is 14.0. The summed E-state index contributed by atoms with van der Waals surface area (Å²) < 4.78 is 19.6. The molecule has 5 nitrogen and oxygen atoms in total. The van der Waals surface area contributed by atoms with Crippen molar-refractivity contribution < 1.29 is 8.91 Å². The summed E-state index contributed by atoms with van der Waals surface area (Å²) >= 11 is 5.55. The number of nitrogens with one attached hydrogen (secondary N) is 1. The van der Waals surface area contributed by atoms with Gasteiger partial charge in [-0.15, -0.1) is 6.58 Å². The van der Waals surface area contributed by atoms with Crippen LogP contribution >= 0.6 is 12.2 Å². The van der Waals surface area contributed by atoms with Crippen molar-refractivity contribution in [2.45, 2.75) is 19.9 Å². The summed E-state index contributed by atoms with van der Waals surface area (Å²) in [4.78, 5) is 6.56. The minimum atomic E-state index is -0.417. The van der Waals surface area contributed by atoms with Gasteiger partial charge in [-0.2, -0.15) is 4.98 Å². The second-order valence-electron chi connectivity index (χ2n) is 7.13. The highest BCUT2D eigenvalue weighted by molar-refractivity contribution is 7.80. The fourth-order valence-corrected chi connectivity index (χ4v) is 3.91. The topological polar surface area (TPSA) is 54.2 Å². The van der Waals surface area contributed by atoms with Crippen LogP contribution in [0.15, 0.2) is 71.4 Å². The first kappa shape index (κ1) is 20.0. The Morgan fingerprint density at radius 2 is 2.03 bits per heavy atom. The molecule has 1 aliphatic rings. The number of hydrogen-bond acceptors (Lipinski definition) is 4. The van der Waals surface area contributed by atoms with E-state index in [1.54, 1.807) is 12.1 Å². The Labute approximate surface area is 179 Å². The molecule has 2 heterocycles. The van der Waals surface area contributed by atoms with Crippen LogP contribution in [-0.4, -0.2) is 26.7 Å². The largest absolute Gasteiger partial charge is 0.351 e. The van der Waals surface area contributed by atoms with Crippen molar-refractivity contribution >= 4 is 22.9 Å². The molecule has 1 unspecified atom stereocenters. The van der Waals surface area contributed by atoms with Gasteiger partial charge in [-0.1, -0.05) is 47.1 Å². The van der Waals surface area contributed by atoms with Gasteiger partial charge in [0, 0.05) is 17.8 Å². The number of aromatic nitrogens is 2. The summed E-state index contributed by atoms with van der Waals surface area (Å²) in [6.07, 6.45) is 1.77. The van der Waals surface area contributed by atoms with E-state index in [0.29, 0.717) is 23.4 Å². The van der Waals surface area contributed by atoms with E-state index in [0.717, 1.165) is 28.0 Å². The number of rotatable bonds is 5. The highest BCUT2D eigenvalue weighted by Gasteiger charge is 2.33. The smallest absolute Gasteiger partial charge is 0.258 e. The molecule has 3 aromatic rings. The van der Waals surface area contributed by atoms with Crippen LogP contribution in [0.5, 0.6) is 0 Å². The Morgan fingerprint density at radius 3 is 2.77 bits per heavy atom. The van der Waals surface area contributed by atoms with Crippen molar-refractivity contribution in [3.05, 3.63) is 89.7 Å². The normalized spacial score (nSPS) is 16.6. The van der Waals surface area contributed by atoms with Crippen LogP contribution in [0, 0.1) is 12.7 Å². The molecule has 0 bridgehead atoms. The number of benzene rings is 2. The van der Waals surface area contributed by atoms with Crippen LogP contribution in [0.4, 0.5) is 4.39 Å². The average Bonchev–Trinajstić information content (AvgIpc) is 3.20. The molecule has 30 heavy (non-hydrogen) atoms. The van der Waals surface area contributed by atoms with Crippen molar-refractivity contribution in [3.63, 3.8) is 0 Å². The fourth-order valence-electron chi connectivity index (χ4n) is 3.58. The van der Waals surface area contributed by atoms with Gasteiger partial charge in [0.05, 0.1) is 11.6 Å². The van der Waals surface area contributed by atoms with Gasteiger partial charge in [-0.05, 0) is 49.8 Å². The second kappa shape index (κ2) is 8.20. The van der Waals surface area contributed by atoms with Crippen LogP contribution in [0.25, 0.3) is 17.0 Å². The lowest BCUT2D eigenvalue weighted by atomic mass is 9.94. The van der Waals surface area contributed by atoms with Crippen LogP contribution in [0.1, 0.15) is 30.0 Å². The van der Waals surface area contributed by atoms with Crippen LogP contribution in [0.3, 0.4) is 0 Å². The molecule has 0 aliphatic carbocycles. The highest BCUT2D eigenvalue weighted by atomic mass is 32.1. The first-order chi connectivity index (χ1) is 14.5. The molecule has 0 radical (unpaired) electrons. The first-order valence-electron chi connectivity index (χ1n) is 9.54. The molecule has 2 aromatic carbocycles. The van der Waals surface area contributed by atoms with E-state index in [1.807, 2.05) is 49.1 Å². The van der Waals surface area contributed by atoms with Crippen LogP contribution in [-0.2, 0) is 0 Å². The van der Waals surface area contributed by atoms with Crippen molar-refractivity contribution in [3.8, 4) is 11.4 Å². The van der Waals surface area contributed by atoms with E-state index < -0.39 is 6.04 Å². The van der Waals surface area contributed by atoms with Gasteiger partial charge >= 0.3 is 0 Å². The summed E-state index contributed by atoms with van der Waals surface area (Å²) in [5, 5.41) is 8.00. The van der Waals surface area contributed by atoms with E-state index >= 15 is 0 Å². The first-order valence-corrected chi connectivity index (χ1v) is 9.95. The minimum absolute atomic E-state index is 0.322. The lowest BCUT2D eigenvalue weighted by Gasteiger charge is -2.36. The minimum Gasteiger partial charge on any atom is -0.351 e. The molecule has 0 spiro atoms. The number of halogens is 1. The van der Waals surface area contributed by atoms with Gasteiger partial charge in [0.25, 0.3) is 5.89 Å². The highest BCUT2D eigenvalue weighted by Crippen LogP contribution is 2.37. The summed E-state index contributed by atoms with van der Waals surface area (Å²) in [5.41, 5.74) is 4.30. The summed E-state index contributed by atoms with van der Waals surface area (Å²) in [7, 11) is 0. The third-order valence-electron chi connectivity index (χ3n) is 5.02. The Bertz CT molecular complexity index is 1150. The molecule has 1 aliphatic heterocycles. The molecule has 1 aromatic heterocycles.